The third kappa shape index (κ3) is 2.50. The number of benzene rings is 1. The Balaban J connectivity index is 1.47. The molecule has 8 heteroatoms. The highest BCUT2D eigenvalue weighted by Crippen LogP contribution is 2.33. The first-order chi connectivity index (χ1) is 12.2. The molecule has 0 spiro atoms. The molecular weight excluding hydrogens is 320 g/mol. The smallest absolute Gasteiger partial charge is 0.172 e. The van der Waals surface area contributed by atoms with Crippen LogP contribution in [0.25, 0.3) is 0 Å². The molecule has 1 aromatic carbocycles. The second-order valence-electron chi connectivity index (χ2n) is 6.73. The van der Waals surface area contributed by atoms with Gasteiger partial charge in [-0.2, -0.15) is 0 Å². The van der Waals surface area contributed by atoms with Crippen molar-refractivity contribution in [3.05, 3.63) is 48.1 Å². The normalized spacial score (nSPS) is 28.6. The number of nitrogen functional groups attached to an aromatic ring is 1. The highest BCUT2D eigenvalue weighted by Gasteiger charge is 2.40. The van der Waals surface area contributed by atoms with E-state index in [2.05, 4.69) is 26.5 Å². The van der Waals surface area contributed by atoms with E-state index in [1.54, 1.807) is 0 Å². The van der Waals surface area contributed by atoms with Crippen molar-refractivity contribution >= 4 is 11.4 Å². The van der Waals surface area contributed by atoms with Gasteiger partial charge in [0.15, 0.2) is 6.29 Å². The number of ether oxygens (including phenoxy) is 2. The number of nitrogens with two attached hydrogens (primary N) is 1. The van der Waals surface area contributed by atoms with Gasteiger partial charge in [-0.3, -0.25) is 10.0 Å². The third-order valence-electron chi connectivity index (χ3n) is 5.01. The minimum Gasteiger partial charge on any atom is -0.399 e. The monoisotopic (exact) mass is 342 g/mol. The number of nitrogens with zero attached hydrogens (tertiary/aromatic N) is 4. The first kappa shape index (κ1) is 14.9. The fraction of sp³-hybridized carbons (Fsp3) is 0.412. The van der Waals surface area contributed by atoms with E-state index in [1.807, 2.05) is 42.5 Å². The summed E-state index contributed by atoms with van der Waals surface area (Å²) in [6.07, 6.45) is 4.22. The van der Waals surface area contributed by atoms with Gasteiger partial charge in [-0.1, -0.05) is 0 Å². The van der Waals surface area contributed by atoms with E-state index in [0.29, 0.717) is 6.61 Å². The van der Waals surface area contributed by atoms with E-state index in [9.17, 15) is 0 Å². The Bertz CT molecular complexity index is 721. The summed E-state index contributed by atoms with van der Waals surface area (Å²) in [4.78, 5) is 2.23. The van der Waals surface area contributed by atoms with Crippen LogP contribution in [0.3, 0.4) is 0 Å². The molecule has 4 aliphatic heterocycles. The van der Waals surface area contributed by atoms with Crippen LogP contribution in [-0.4, -0.2) is 60.8 Å². The number of anilines is 2. The molecule has 2 atom stereocenters. The Kier molecular flexibility index (Phi) is 3.30. The van der Waals surface area contributed by atoms with Gasteiger partial charge in [-0.15, -0.1) is 0 Å². The van der Waals surface area contributed by atoms with E-state index >= 15 is 0 Å². The summed E-state index contributed by atoms with van der Waals surface area (Å²) >= 11 is 0. The first-order valence-corrected chi connectivity index (χ1v) is 8.51. The number of hydrogen-bond acceptors (Lipinski definition) is 8. The van der Waals surface area contributed by atoms with Gasteiger partial charge in [-0.05, 0) is 24.3 Å². The van der Waals surface area contributed by atoms with Crippen LogP contribution in [0.1, 0.15) is 0 Å². The van der Waals surface area contributed by atoms with Gasteiger partial charge in [0.1, 0.15) is 6.67 Å². The van der Waals surface area contributed by atoms with Crippen LogP contribution in [0.5, 0.6) is 0 Å². The van der Waals surface area contributed by atoms with E-state index in [-0.39, 0.29) is 12.4 Å². The largest absolute Gasteiger partial charge is 0.399 e. The van der Waals surface area contributed by atoms with Gasteiger partial charge in [0.2, 0.25) is 0 Å². The molecule has 2 unspecified atom stereocenters. The Labute approximate surface area is 146 Å². The topological polar surface area (TPSA) is 69.5 Å². The number of rotatable bonds is 2. The summed E-state index contributed by atoms with van der Waals surface area (Å²) in [5, 5.41) is 6.66. The molecule has 0 radical (unpaired) electrons. The summed E-state index contributed by atoms with van der Waals surface area (Å²) in [5.74, 6) is 0. The highest BCUT2D eigenvalue weighted by molar-refractivity contribution is 5.57. The minimum absolute atomic E-state index is 0.134. The molecule has 0 amide bonds. The Hall–Kier alpha value is -2.42. The molecule has 5 rings (SSSR count). The van der Waals surface area contributed by atoms with Crippen LogP contribution in [0.15, 0.2) is 48.1 Å². The molecule has 0 aromatic heterocycles. The standard InChI is InChI=1S/C17H22N6O2/c1-20-16-8-21(13-4-2-12(18)3-5-13)11-23(15(16)6-19-20)22-7-14-10-24-17(9-22)25-14/h2-6,8,14,17,19H,7,9-11,18H2,1H3. The predicted molar refractivity (Wildman–Crippen MR) is 93.3 cm³/mol. The SMILES string of the molecule is CN1NC=C2C1=CN(c1ccc(N)cc1)CN2N1CC2COC(C1)O2. The van der Waals surface area contributed by atoms with Crippen LogP contribution in [0.4, 0.5) is 11.4 Å². The van der Waals surface area contributed by atoms with Gasteiger partial charge in [0, 0.05) is 37.4 Å². The van der Waals surface area contributed by atoms with Crippen LogP contribution in [-0.2, 0) is 9.47 Å². The zero-order valence-electron chi connectivity index (χ0n) is 14.1. The summed E-state index contributed by atoms with van der Waals surface area (Å²) in [7, 11) is 2.02. The molecule has 4 heterocycles. The lowest BCUT2D eigenvalue weighted by Gasteiger charge is -2.45. The predicted octanol–water partition coefficient (Wildman–Crippen LogP) is 0.453. The van der Waals surface area contributed by atoms with Gasteiger partial charge >= 0.3 is 0 Å². The molecule has 4 aliphatic rings. The lowest BCUT2D eigenvalue weighted by molar-refractivity contribution is -0.156. The zero-order valence-corrected chi connectivity index (χ0v) is 14.1. The number of likely N-dealkylation sites (N-methyl/N-ethyl adjacent to an activating group) is 1. The van der Waals surface area contributed by atoms with E-state index < -0.39 is 0 Å². The molecule has 2 bridgehead atoms. The van der Waals surface area contributed by atoms with Gasteiger partial charge in [0.05, 0.1) is 30.6 Å². The second kappa shape index (κ2) is 5.55. The Morgan fingerprint density at radius 2 is 2.00 bits per heavy atom. The number of nitrogens with one attached hydrogen (secondary N) is 1. The second-order valence-corrected chi connectivity index (χ2v) is 6.73. The fourth-order valence-corrected chi connectivity index (χ4v) is 3.68. The number of hydrogen-bond donors (Lipinski definition) is 2. The summed E-state index contributed by atoms with van der Waals surface area (Å²) < 4.78 is 11.5. The maximum Gasteiger partial charge on any atom is 0.172 e. The van der Waals surface area contributed by atoms with Crippen molar-refractivity contribution in [1.29, 1.82) is 0 Å². The van der Waals surface area contributed by atoms with E-state index in [1.165, 1.54) is 0 Å². The summed E-state index contributed by atoms with van der Waals surface area (Å²) in [5.41, 5.74) is 13.3. The van der Waals surface area contributed by atoms with Crippen LogP contribution >= 0.6 is 0 Å². The molecule has 2 fully saturated rings. The van der Waals surface area contributed by atoms with Crippen molar-refractivity contribution in [2.45, 2.75) is 12.4 Å². The van der Waals surface area contributed by atoms with Gasteiger partial charge < -0.3 is 25.5 Å². The number of morpholine rings is 1. The first-order valence-electron chi connectivity index (χ1n) is 8.51. The molecule has 25 heavy (non-hydrogen) atoms. The summed E-state index contributed by atoms with van der Waals surface area (Å²) in [6.45, 7) is 2.98. The van der Waals surface area contributed by atoms with E-state index in [4.69, 9.17) is 15.2 Å². The average molecular weight is 342 g/mol. The minimum atomic E-state index is -0.134. The van der Waals surface area contributed by atoms with Crippen molar-refractivity contribution < 1.29 is 9.47 Å². The lowest BCUT2D eigenvalue weighted by Crippen LogP contribution is -2.56. The maximum atomic E-state index is 5.84. The molecule has 8 nitrogen and oxygen atoms in total. The van der Waals surface area contributed by atoms with Gasteiger partial charge in [0.25, 0.3) is 0 Å². The van der Waals surface area contributed by atoms with E-state index in [0.717, 1.165) is 42.5 Å². The fourth-order valence-electron chi connectivity index (χ4n) is 3.68. The van der Waals surface area contributed by atoms with Crippen molar-refractivity contribution in [2.75, 3.05) is 44.0 Å². The van der Waals surface area contributed by atoms with Crippen LogP contribution in [0.2, 0.25) is 0 Å². The van der Waals surface area contributed by atoms with Crippen molar-refractivity contribution in [2.24, 2.45) is 0 Å². The number of fused-ring (bicyclic) bond motifs is 3. The Morgan fingerprint density at radius 3 is 2.80 bits per heavy atom. The quantitative estimate of drug-likeness (QED) is 0.751. The average Bonchev–Trinajstić information content (AvgIpc) is 3.17. The molecule has 2 saturated heterocycles. The molecule has 0 saturated carbocycles. The van der Waals surface area contributed by atoms with Crippen LogP contribution in [0, 0.1) is 0 Å². The van der Waals surface area contributed by atoms with Crippen molar-refractivity contribution in [3.8, 4) is 0 Å². The summed E-state index contributed by atoms with van der Waals surface area (Å²) in [6, 6.07) is 7.97. The van der Waals surface area contributed by atoms with Crippen molar-refractivity contribution in [3.63, 3.8) is 0 Å². The third-order valence-corrected chi connectivity index (χ3v) is 5.01. The Morgan fingerprint density at radius 1 is 1.16 bits per heavy atom. The molecule has 3 N–H and O–H groups in total. The molecular formula is C17H22N6O2. The maximum absolute atomic E-state index is 5.84. The molecule has 132 valence electrons. The molecule has 1 aromatic rings. The molecule has 0 aliphatic carbocycles. The van der Waals surface area contributed by atoms with Gasteiger partial charge in [-0.25, -0.2) is 5.01 Å². The number of hydrazine groups is 2. The highest BCUT2D eigenvalue weighted by atomic mass is 16.7. The van der Waals surface area contributed by atoms with Crippen molar-refractivity contribution in [1.82, 2.24) is 20.5 Å². The zero-order chi connectivity index (χ0) is 17.0. The van der Waals surface area contributed by atoms with Crippen LogP contribution < -0.4 is 16.1 Å². The lowest BCUT2D eigenvalue weighted by atomic mass is 10.2.